The second kappa shape index (κ2) is 5.45. The van der Waals surface area contributed by atoms with E-state index in [1.54, 1.807) is 12.1 Å². The molecule has 3 aromatic heterocycles. The van der Waals surface area contributed by atoms with E-state index < -0.39 is 5.76 Å². The molecule has 4 aromatic rings. The molecule has 0 fully saturated rings. The maximum absolute atomic E-state index is 11.9. The number of nitrogens with zero attached hydrogens (tertiary/aromatic N) is 3. The van der Waals surface area contributed by atoms with Crippen LogP contribution in [-0.2, 0) is 6.54 Å². The number of benzene rings is 1. The Kier molecular flexibility index (Phi) is 3.16. The third-order valence-corrected chi connectivity index (χ3v) is 3.22. The van der Waals surface area contributed by atoms with E-state index in [0.717, 1.165) is 5.56 Å². The van der Waals surface area contributed by atoms with Gasteiger partial charge in [0.2, 0.25) is 5.89 Å². The van der Waals surface area contributed by atoms with Crippen molar-refractivity contribution in [2.45, 2.75) is 6.54 Å². The fourth-order valence-electron chi connectivity index (χ4n) is 2.15. The molecule has 23 heavy (non-hydrogen) atoms. The molecule has 0 atom stereocenters. The van der Waals surface area contributed by atoms with Crippen LogP contribution in [0.4, 0.5) is 0 Å². The van der Waals surface area contributed by atoms with Crippen molar-refractivity contribution in [1.29, 1.82) is 0 Å². The maximum Gasteiger partial charge on any atom is 0.437 e. The number of hydrogen-bond donors (Lipinski definition) is 0. The molecular formula is C16H11N3O4. The van der Waals surface area contributed by atoms with Crippen LogP contribution in [0.15, 0.2) is 73.0 Å². The van der Waals surface area contributed by atoms with Crippen LogP contribution in [0.1, 0.15) is 5.69 Å². The fourth-order valence-corrected chi connectivity index (χ4v) is 2.15. The summed E-state index contributed by atoms with van der Waals surface area (Å²) in [5, 5.41) is 4.09. The molecule has 0 amide bonds. The van der Waals surface area contributed by atoms with E-state index in [0.29, 0.717) is 17.3 Å². The summed E-state index contributed by atoms with van der Waals surface area (Å²) in [6.45, 7) is 0.152. The molecule has 7 nitrogen and oxygen atoms in total. The van der Waals surface area contributed by atoms with Crippen molar-refractivity contribution in [1.82, 2.24) is 14.8 Å². The van der Waals surface area contributed by atoms with E-state index in [1.807, 2.05) is 30.3 Å². The van der Waals surface area contributed by atoms with Crippen LogP contribution in [0.25, 0.3) is 23.1 Å². The highest BCUT2D eigenvalue weighted by molar-refractivity contribution is 5.52. The van der Waals surface area contributed by atoms with Gasteiger partial charge in [-0.2, -0.15) is 4.68 Å². The Hall–Kier alpha value is -3.35. The molecule has 0 radical (unpaired) electrons. The van der Waals surface area contributed by atoms with Crippen molar-refractivity contribution in [2.75, 3.05) is 0 Å². The minimum Gasteiger partial charge on any atom is -0.459 e. The van der Waals surface area contributed by atoms with Crippen LogP contribution >= 0.6 is 0 Å². The summed E-state index contributed by atoms with van der Waals surface area (Å²) in [5.41, 5.74) is 1.44. The number of hydrogen-bond acceptors (Lipinski definition) is 6. The average Bonchev–Trinajstić information content (AvgIpc) is 3.31. The Labute approximate surface area is 129 Å². The van der Waals surface area contributed by atoms with Crippen LogP contribution in [0.2, 0.25) is 0 Å². The molecule has 7 heteroatoms. The van der Waals surface area contributed by atoms with Gasteiger partial charge in [0.05, 0.1) is 12.8 Å². The molecule has 0 saturated heterocycles. The third-order valence-electron chi connectivity index (χ3n) is 3.22. The highest BCUT2D eigenvalue weighted by Crippen LogP contribution is 2.19. The molecule has 0 saturated carbocycles. The van der Waals surface area contributed by atoms with Crippen molar-refractivity contribution < 1.29 is 13.3 Å². The summed E-state index contributed by atoms with van der Waals surface area (Å²) >= 11 is 0. The summed E-state index contributed by atoms with van der Waals surface area (Å²) < 4.78 is 16.8. The lowest BCUT2D eigenvalue weighted by molar-refractivity contribution is 0.475. The number of rotatable bonds is 4. The second-order valence-corrected chi connectivity index (χ2v) is 4.82. The lowest BCUT2D eigenvalue weighted by atomic mass is 10.2. The van der Waals surface area contributed by atoms with Gasteiger partial charge in [0.25, 0.3) is 5.89 Å². The van der Waals surface area contributed by atoms with Crippen LogP contribution in [-0.4, -0.2) is 14.8 Å². The van der Waals surface area contributed by atoms with Crippen molar-refractivity contribution in [3.8, 4) is 23.1 Å². The van der Waals surface area contributed by atoms with Gasteiger partial charge in [-0.3, -0.25) is 0 Å². The summed E-state index contributed by atoms with van der Waals surface area (Å²) in [7, 11) is 0. The van der Waals surface area contributed by atoms with Gasteiger partial charge in [-0.1, -0.05) is 18.2 Å². The first-order chi connectivity index (χ1) is 11.3. The highest BCUT2D eigenvalue weighted by atomic mass is 16.4. The Morgan fingerprint density at radius 3 is 2.65 bits per heavy atom. The number of aromatic nitrogens is 3. The molecule has 3 heterocycles. The quantitative estimate of drug-likeness (QED) is 0.576. The van der Waals surface area contributed by atoms with E-state index in [-0.39, 0.29) is 12.4 Å². The van der Waals surface area contributed by atoms with Crippen molar-refractivity contribution >= 4 is 0 Å². The first-order valence-electron chi connectivity index (χ1n) is 6.91. The van der Waals surface area contributed by atoms with Gasteiger partial charge >= 0.3 is 5.76 Å². The van der Waals surface area contributed by atoms with Gasteiger partial charge in [-0.25, -0.2) is 9.78 Å². The summed E-state index contributed by atoms with van der Waals surface area (Å²) in [5.74, 6) is 0.432. The molecule has 1 aromatic carbocycles. The molecule has 0 aliphatic carbocycles. The fraction of sp³-hybridized carbons (Fsp3) is 0.0625. The van der Waals surface area contributed by atoms with Crippen molar-refractivity contribution in [3.63, 3.8) is 0 Å². The predicted octanol–water partition coefficient (Wildman–Crippen LogP) is 2.80. The predicted molar refractivity (Wildman–Crippen MR) is 79.5 cm³/mol. The molecule has 0 spiro atoms. The number of furan rings is 1. The summed E-state index contributed by atoms with van der Waals surface area (Å²) in [4.78, 5) is 16.2. The monoisotopic (exact) mass is 309 g/mol. The maximum atomic E-state index is 11.9. The molecule has 0 unspecified atom stereocenters. The van der Waals surface area contributed by atoms with Gasteiger partial charge in [0, 0.05) is 5.56 Å². The van der Waals surface area contributed by atoms with Gasteiger partial charge in [-0.15, -0.1) is 5.10 Å². The van der Waals surface area contributed by atoms with E-state index in [4.69, 9.17) is 13.3 Å². The zero-order chi connectivity index (χ0) is 15.6. The van der Waals surface area contributed by atoms with Gasteiger partial charge in [-0.05, 0) is 24.3 Å². The molecular weight excluding hydrogens is 298 g/mol. The normalized spacial score (nSPS) is 11.0. The van der Waals surface area contributed by atoms with Crippen molar-refractivity contribution in [2.24, 2.45) is 0 Å². The van der Waals surface area contributed by atoms with Crippen LogP contribution in [0, 0.1) is 0 Å². The van der Waals surface area contributed by atoms with E-state index >= 15 is 0 Å². The van der Waals surface area contributed by atoms with E-state index in [1.165, 1.54) is 17.2 Å². The Morgan fingerprint density at radius 2 is 1.87 bits per heavy atom. The Morgan fingerprint density at radius 1 is 1.00 bits per heavy atom. The minimum atomic E-state index is -0.583. The third kappa shape index (κ3) is 2.59. The van der Waals surface area contributed by atoms with E-state index in [2.05, 4.69) is 10.1 Å². The smallest absolute Gasteiger partial charge is 0.437 e. The zero-order valence-corrected chi connectivity index (χ0v) is 11.9. The lowest BCUT2D eigenvalue weighted by Crippen LogP contribution is -2.16. The minimum absolute atomic E-state index is 0.131. The summed E-state index contributed by atoms with van der Waals surface area (Å²) in [6, 6.07) is 12.9. The molecule has 114 valence electrons. The van der Waals surface area contributed by atoms with Gasteiger partial charge in [0.15, 0.2) is 5.76 Å². The van der Waals surface area contributed by atoms with Gasteiger partial charge < -0.3 is 13.3 Å². The van der Waals surface area contributed by atoms with Crippen molar-refractivity contribution in [3.05, 3.63) is 71.2 Å². The zero-order valence-electron chi connectivity index (χ0n) is 11.9. The Bertz CT molecular complexity index is 964. The lowest BCUT2D eigenvalue weighted by Gasteiger charge is -1.93. The molecule has 0 bridgehead atoms. The average molecular weight is 309 g/mol. The Balaban J connectivity index is 1.60. The largest absolute Gasteiger partial charge is 0.459 e. The first kappa shape index (κ1) is 13.3. The van der Waals surface area contributed by atoms with E-state index in [9.17, 15) is 4.79 Å². The van der Waals surface area contributed by atoms with Crippen LogP contribution in [0.3, 0.4) is 0 Å². The van der Waals surface area contributed by atoms with Crippen LogP contribution in [0.5, 0.6) is 0 Å². The molecule has 0 aliphatic heterocycles. The highest BCUT2D eigenvalue weighted by Gasteiger charge is 2.14. The van der Waals surface area contributed by atoms with Gasteiger partial charge in [0.1, 0.15) is 12.0 Å². The molecule has 0 aliphatic rings. The summed E-state index contributed by atoms with van der Waals surface area (Å²) in [6.07, 6.45) is 2.98. The van der Waals surface area contributed by atoms with Crippen LogP contribution < -0.4 is 5.76 Å². The first-order valence-corrected chi connectivity index (χ1v) is 6.91. The molecule has 4 rings (SSSR count). The topological polar surface area (TPSA) is 87.2 Å². The number of oxazole rings is 1. The standard InChI is InChI=1S/C16H11N3O4/c20-16-19(18-15(23-16)13-7-4-8-21-13)9-12-10-22-14(17-12)11-5-2-1-3-6-11/h1-8,10H,9H2. The molecule has 0 N–H and O–H groups in total. The SMILES string of the molecule is O=c1oc(-c2ccco2)nn1Cc1coc(-c2ccccc2)n1. The second-order valence-electron chi connectivity index (χ2n) is 4.82.